The van der Waals surface area contributed by atoms with Crippen LogP contribution in [0.4, 0.5) is 0 Å². The standard InChI is InChI=1S/C19H21N5O3/c1-21-11-20-17-16(21)18(26)24(19(27)23(17)3)10-15(25)22(2)14-9-8-12-6-4-5-7-13(12)14/h4-7,11,14H,8-10H2,1-3H3. The van der Waals surface area contributed by atoms with Gasteiger partial charge in [-0.25, -0.2) is 14.3 Å². The van der Waals surface area contributed by atoms with Crippen LogP contribution in [0.1, 0.15) is 23.6 Å². The Balaban J connectivity index is 1.69. The lowest BCUT2D eigenvalue weighted by atomic mass is 10.1. The number of aromatic nitrogens is 4. The number of aryl methyl sites for hydroxylation is 3. The minimum Gasteiger partial charge on any atom is -0.337 e. The molecule has 0 saturated heterocycles. The molecule has 8 nitrogen and oxygen atoms in total. The van der Waals surface area contributed by atoms with Crippen molar-refractivity contribution in [2.45, 2.75) is 25.4 Å². The van der Waals surface area contributed by atoms with Crippen LogP contribution >= 0.6 is 0 Å². The molecule has 0 saturated carbocycles. The van der Waals surface area contributed by atoms with Gasteiger partial charge in [-0.2, -0.15) is 0 Å². The molecule has 0 bridgehead atoms. The van der Waals surface area contributed by atoms with Gasteiger partial charge < -0.3 is 9.47 Å². The van der Waals surface area contributed by atoms with Crippen molar-refractivity contribution < 1.29 is 4.79 Å². The third kappa shape index (κ3) is 2.59. The molecule has 4 rings (SSSR count). The zero-order valence-electron chi connectivity index (χ0n) is 15.5. The number of nitrogens with zero attached hydrogens (tertiary/aromatic N) is 5. The van der Waals surface area contributed by atoms with E-state index in [1.165, 1.54) is 16.5 Å². The van der Waals surface area contributed by atoms with E-state index in [1.807, 2.05) is 18.2 Å². The Morgan fingerprint density at radius 1 is 1.26 bits per heavy atom. The van der Waals surface area contributed by atoms with Crippen LogP contribution in [0.2, 0.25) is 0 Å². The van der Waals surface area contributed by atoms with E-state index in [0.29, 0.717) is 11.2 Å². The number of imidazole rings is 1. The van der Waals surface area contributed by atoms with Gasteiger partial charge in [0.05, 0.1) is 12.4 Å². The molecule has 1 unspecified atom stereocenters. The van der Waals surface area contributed by atoms with Crippen LogP contribution < -0.4 is 11.2 Å². The van der Waals surface area contributed by atoms with Gasteiger partial charge in [-0.3, -0.25) is 14.2 Å². The number of rotatable bonds is 3. The lowest BCUT2D eigenvalue weighted by Gasteiger charge is -2.25. The van der Waals surface area contributed by atoms with E-state index in [2.05, 4.69) is 11.1 Å². The van der Waals surface area contributed by atoms with Gasteiger partial charge in [0.1, 0.15) is 6.54 Å². The van der Waals surface area contributed by atoms with Gasteiger partial charge in [-0.05, 0) is 24.0 Å². The number of carbonyl (C=O) groups excluding carboxylic acids is 1. The summed E-state index contributed by atoms with van der Waals surface area (Å²) in [7, 11) is 4.97. The highest BCUT2D eigenvalue weighted by Crippen LogP contribution is 2.34. The predicted molar refractivity (Wildman–Crippen MR) is 100 cm³/mol. The summed E-state index contributed by atoms with van der Waals surface area (Å²) in [6.45, 7) is -0.290. The molecule has 0 aliphatic heterocycles. The van der Waals surface area contributed by atoms with Gasteiger partial charge in [0.25, 0.3) is 5.56 Å². The lowest BCUT2D eigenvalue weighted by molar-refractivity contribution is -0.132. The van der Waals surface area contributed by atoms with Crippen LogP contribution in [-0.4, -0.2) is 36.5 Å². The normalized spacial score (nSPS) is 15.9. The summed E-state index contributed by atoms with van der Waals surface area (Å²) in [5.74, 6) is -0.266. The first kappa shape index (κ1) is 17.3. The summed E-state index contributed by atoms with van der Waals surface area (Å²) < 4.78 is 3.85. The Morgan fingerprint density at radius 2 is 2.00 bits per heavy atom. The molecule has 0 spiro atoms. The van der Waals surface area contributed by atoms with E-state index in [0.717, 1.165) is 23.0 Å². The first-order valence-corrected chi connectivity index (χ1v) is 8.84. The second kappa shape index (κ2) is 6.22. The number of benzene rings is 1. The number of fused-ring (bicyclic) bond motifs is 2. The molecule has 2 aromatic heterocycles. The van der Waals surface area contributed by atoms with Gasteiger partial charge in [-0.15, -0.1) is 0 Å². The number of amides is 1. The Labute approximate surface area is 155 Å². The molecule has 1 aliphatic carbocycles. The fourth-order valence-electron chi connectivity index (χ4n) is 3.89. The highest BCUT2D eigenvalue weighted by Gasteiger charge is 2.29. The lowest BCUT2D eigenvalue weighted by Crippen LogP contribution is -2.44. The molecule has 0 fully saturated rings. The van der Waals surface area contributed by atoms with Crippen molar-refractivity contribution in [3.8, 4) is 0 Å². The number of carbonyl (C=O) groups is 1. The van der Waals surface area contributed by atoms with Gasteiger partial charge in [0.2, 0.25) is 5.91 Å². The van der Waals surface area contributed by atoms with E-state index in [4.69, 9.17) is 0 Å². The van der Waals surface area contributed by atoms with Crippen molar-refractivity contribution in [2.75, 3.05) is 7.05 Å². The molecule has 3 aromatic rings. The van der Waals surface area contributed by atoms with Crippen molar-refractivity contribution in [3.63, 3.8) is 0 Å². The Hall–Kier alpha value is -3.16. The van der Waals surface area contributed by atoms with Crippen molar-refractivity contribution in [2.24, 2.45) is 14.1 Å². The van der Waals surface area contributed by atoms with E-state index in [1.54, 1.807) is 30.6 Å². The van der Waals surface area contributed by atoms with Crippen LogP contribution in [0.5, 0.6) is 0 Å². The van der Waals surface area contributed by atoms with E-state index in [9.17, 15) is 14.4 Å². The van der Waals surface area contributed by atoms with Crippen molar-refractivity contribution in [1.29, 1.82) is 0 Å². The Kier molecular flexibility index (Phi) is 3.98. The summed E-state index contributed by atoms with van der Waals surface area (Å²) >= 11 is 0. The van der Waals surface area contributed by atoms with Crippen molar-refractivity contribution >= 4 is 17.1 Å². The summed E-state index contributed by atoms with van der Waals surface area (Å²) in [5.41, 5.74) is 1.96. The van der Waals surface area contributed by atoms with Crippen LogP contribution in [0.3, 0.4) is 0 Å². The van der Waals surface area contributed by atoms with Crippen LogP contribution in [0, 0.1) is 0 Å². The molecule has 1 aliphatic rings. The average Bonchev–Trinajstić information content (AvgIpc) is 3.26. The quantitative estimate of drug-likeness (QED) is 0.678. The number of hydrogen-bond donors (Lipinski definition) is 0. The highest BCUT2D eigenvalue weighted by molar-refractivity contribution is 5.77. The van der Waals surface area contributed by atoms with E-state index >= 15 is 0 Å². The number of likely N-dealkylation sites (N-methyl/N-ethyl adjacent to an activating group) is 1. The fraction of sp³-hybridized carbons (Fsp3) is 0.368. The Morgan fingerprint density at radius 3 is 2.78 bits per heavy atom. The zero-order valence-corrected chi connectivity index (χ0v) is 15.5. The van der Waals surface area contributed by atoms with Crippen LogP contribution in [0.25, 0.3) is 11.2 Å². The highest BCUT2D eigenvalue weighted by atomic mass is 16.2. The minimum absolute atomic E-state index is 0.0336. The van der Waals surface area contributed by atoms with Crippen LogP contribution in [-0.2, 0) is 31.9 Å². The predicted octanol–water partition coefficient (Wildman–Crippen LogP) is 0.580. The van der Waals surface area contributed by atoms with Crippen molar-refractivity contribution in [1.82, 2.24) is 23.6 Å². The third-order valence-corrected chi connectivity index (χ3v) is 5.46. The Bertz CT molecular complexity index is 1170. The smallest absolute Gasteiger partial charge is 0.332 e. The summed E-state index contributed by atoms with van der Waals surface area (Å²) in [5, 5.41) is 0. The summed E-state index contributed by atoms with van der Waals surface area (Å²) in [6, 6.07) is 8.03. The van der Waals surface area contributed by atoms with Gasteiger partial charge in [0, 0.05) is 21.1 Å². The molecule has 0 radical (unpaired) electrons. The molecule has 2 heterocycles. The van der Waals surface area contributed by atoms with Gasteiger partial charge in [-0.1, -0.05) is 24.3 Å². The maximum Gasteiger partial charge on any atom is 0.332 e. The fourth-order valence-corrected chi connectivity index (χ4v) is 3.89. The first-order valence-electron chi connectivity index (χ1n) is 8.84. The largest absolute Gasteiger partial charge is 0.337 e. The second-order valence-electron chi connectivity index (χ2n) is 7.02. The van der Waals surface area contributed by atoms with Gasteiger partial charge in [0.15, 0.2) is 11.2 Å². The molecule has 0 N–H and O–H groups in total. The number of hydrogen-bond acceptors (Lipinski definition) is 4. The van der Waals surface area contributed by atoms with Gasteiger partial charge >= 0.3 is 5.69 Å². The summed E-state index contributed by atoms with van der Waals surface area (Å²) in [6.07, 6.45) is 3.25. The maximum absolute atomic E-state index is 12.9. The summed E-state index contributed by atoms with van der Waals surface area (Å²) in [4.78, 5) is 44.0. The molecule has 1 aromatic carbocycles. The monoisotopic (exact) mass is 367 g/mol. The first-order chi connectivity index (χ1) is 12.9. The zero-order chi connectivity index (χ0) is 19.3. The topological polar surface area (TPSA) is 82.1 Å². The van der Waals surface area contributed by atoms with E-state index < -0.39 is 11.2 Å². The molecular formula is C19H21N5O3. The molecule has 140 valence electrons. The molecule has 27 heavy (non-hydrogen) atoms. The second-order valence-corrected chi connectivity index (χ2v) is 7.02. The SMILES string of the molecule is CN(C(=O)Cn1c(=O)c2c(ncn2C)n(C)c1=O)C1CCc2ccccc21. The molecular weight excluding hydrogens is 346 g/mol. The average molecular weight is 367 g/mol. The van der Waals surface area contributed by atoms with Crippen LogP contribution in [0.15, 0.2) is 40.2 Å². The van der Waals surface area contributed by atoms with E-state index in [-0.39, 0.29) is 18.5 Å². The minimum atomic E-state index is -0.542. The third-order valence-electron chi connectivity index (χ3n) is 5.46. The van der Waals surface area contributed by atoms with Crippen molar-refractivity contribution in [3.05, 3.63) is 62.6 Å². The molecule has 8 heteroatoms. The maximum atomic E-state index is 12.9. The molecule has 1 atom stereocenters. The molecule has 1 amide bonds.